The monoisotopic (exact) mass is 364 g/mol. The highest BCUT2D eigenvalue weighted by Crippen LogP contribution is 2.37. The van der Waals surface area contributed by atoms with Crippen molar-refractivity contribution < 1.29 is 10.2 Å². The Labute approximate surface area is 158 Å². The second-order valence-corrected chi connectivity index (χ2v) is 6.84. The Kier molecular flexibility index (Phi) is 5.29. The molecule has 0 aliphatic carbocycles. The number of phenols is 1. The predicted octanol–water partition coefficient (Wildman–Crippen LogP) is 2.03. The molecule has 1 saturated heterocycles. The standard InChI is InChI=1S/C21H24N4O2/c26-15-14-24-10-12-25(13-11-24)20(18-5-1-2-8-22-18)17-7-6-16-4-3-9-23-19(16)21(17)27/h1-9,20,26-27H,10-15H2/t20-/m1/s1. The minimum absolute atomic E-state index is 0.131. The number of pyridine rings is 2. The zero-order valence-electron chi connectivity index (χ0n) is 15.2. The van der Waals surface area contributed by atoms with Crippen LogP contribution in [0.3, 0.4) is 0 Å². The smallest absolute Gasteiger partial charge is 0.146 e. The van der Waals surface area contributed by atoms with Gasteiger partial charge in [0.2, 0.25) is 0 Å². The van der Waals surface area contributed by atoms with E-state index in [0.717, 1.165) is 42.8 Å². The summed E-state index contributed by atoms with van der Waals surface area (Å²) in [5.41, 5.74) is 2.36. The highest BCUT2D eigenvalue weighted by atomic mass is 16.3. The molecule has 1 aliphatic heterocycles. The van der Waals surface area contributed by atoms with Gasteiger partial charge in [-0.15, -0.1) is 0 Å². The van der Waals surface area contributed by atoms with Crippen LogP contribution in [-0.4, -0.2) is 69.3 Å². The van der Waals surface area contributed by atoms with Gasteiger partial charge in [-0.25, -0.2) is 0 Å². The summed E-state index contributed by atoms with van der Waals surface area (Å²) in [7, 11) is 0. The van der Waals surface area contributed by atoms with Gasteiger partial charge >= 0.3 is 0 Å². The summed E-state index contributed by atoms with van der Waals surface area (Å²) in [6.45, 7) is 4.35. The third-order valence-corrected chi connectivity index (χ3v) is 5.23. The molecule has 0 saturated carbocycles. The van der Waals surface area contributed by atoms with E-state index >= 15 is 0 Å². The Morgan fingerprint density at radius 2 is 1.74 bits per heavy atom. The average molecular weight is 364 g/mol. The molecule has 140 valence electrons. The van der Waals surface area contributed by atoms with Crippen LogP contribution in [-0.2, 0) is 0 Å². The van der Waals surface area contributed by atoms with Crippen LogP contribution in [0, 0.1) is 0 Å². The van der Waals surface area contributed by atoms with E-state index in [9.17, 15) is 10.2 Å². The lowest BCUT2D eigenvalue weighted by Crippen LogP contribution is -2.48. The van der Waals surface area contributed by atoms with Crippen LogP contribution in [0.1, 0.15) is 17.3 Å². The molecule has 0 spiro atoms. The summed E-state index contributed by atoms with van der Waals surface area (Å²) < 4.78 is 0. The van der Waals surface area contributed by atoms with E-state index < -0.39 is 0 Å². The van der Waals surface area contributed by atoms with Crippen LogP contribution in [0.2, 0.25) is 0 Å². The topological polar surface area (TPSA) is 72.7 Å². The van der Waals surface area contributed by atoms with Gasteiger partial charge in [0.25, 0.3) is 0 Å². The van der Waals surface area contributed by atoms with Crippen molar-refractivity contribution in [1.82, 2.24) is 19.8 Å². The van der Waals surface area contributed by atoms with Crippen molar-refractivity contribution >= 4 is 10.9 Å². The Balaban J connectivity index is 1.73. The molecular formula is C21H24N4O2. The summed E-state index contributed by atoms with van der Waals surface area (Å²) >= 11 is 0. The quantitative estimate of drug-likeness (QED) is 0.722. The molecule has 6 nitrogen and oxygen atoms in total. The Hall–Kier alpha value is -2.54. The molecule has 2 N–H and O–H groups in total. The van der Waals surface area contributed by atoms with Crippen molar-refractivity contribution in [3.8, 4) is 5.75 Å². The number of aromatic nitrogens is 2. The molecule has 1 aliphatic rings. The lowest BCUT2D eigenvalue weighted by Gasteiger charge is -2.39. The van der Waals surface area contributed by atoms with E-state index in [4.69, 9.17) is 0 Å². The first kappa shape index (κ1) is 17.9. The zero-order chi connectivity index (χ0) is 18.6. The molecule has 0 bridgehead atoms. The van der Waals surface area contributed by atoms with E-state index in [1.807, 2.05) is 42.5 Å². The zero-order valence-corrected chi connectivity index (χ0v) is 15.2. The summed E-state index contributed by atoms with van der Waals surface area (Å²) in [5, 5.41) is 21.1. The van der Waals surface area contributed by atoms with Gasteiger partial charge < -0.3 is 10.2 Å². The third-order valence-electron chi connectivity index (χ3n) is 5.23. The van der Waals surface area contributed by atoms with E-state index in [2.05, 4.69) is 19.8 Å². The summed E-state index contributed by atoms with van der Waals surface area (Å²) in [6.07, 6.45) is 3.50. The SMILES string of the molecule is OCCN1CCN([C@@H](c2ccccn2)c2ccc3cccnc3c2O)CC1. The van der Waals surface area contributed by atoms with Crippen LogP contribution >= 0.6 is 0 Å². The first-order chi connectivity index (χ1) is 13.3. The number of aliphatic hydroxyl groups is 1. The van der Waals surface area contributed by atoms with Crippen LogP contribution in [0.5, 0.6) is 5.75 Å². The molecule has 0 amide bonds. The molecule has 0 radical (unpaired) electrons. The number of hydrogen-bond acceptors (Lipinski definition) is 6. The fourth-order valence-electron chi connectivity index (χ4n) is 3.83. The van der Waals surface area contributed by atoms with Gasteiger partial charge in [0.1, 0.15) is 11.3 Å². The van der Waals surface area contributed by atoms with E-state index in [-0.39, 0.29) is 18.4 Å². The largest absolute Gasteiger partial charge is 0.505 e. The fraction of sp³-hybridized carbons (Fsp3) is 0.333. The number of nitrogens with zero attached hydrogens (tertiary/aromatic N) is 4. The maximum atomic E-state index is 11.0. The minimum atomic E-state index is -0.131. The van der Waals surface area contributed by atoms with Crippen molar-refractivity contribution in [2.75, 3.05) is 39.3 Å². The number of aliphatic hydroxyl groups excluding tert-OH is 1. The second kappa shape index (κ2) is 8.00. The number of phenolic OH excluding ortho intramolecular Hbond substituents is 1. The van der Waals surface area contributed by atoms with Crippen molar-refractivity contribution in [2.45, 2.75) is 6.04 Å². The number of β-amino-alcohol motifs (C(OH)–C–C–N with tert-alkyl or cyclic N) is 1. The third kappa shape index (κ3) is 3.64. The number of rotatable bonds is 5. The summed E-state index contributed by atoms with van der Waals surface area (Å²) in [4.78, 5) is 13.6. The number of hydrogen-bond donors (Lipinski definition) is 2. The lowest BCUT2D eigenvalue weighted by atomic mass is 9.97. The molecule has 27 heavy (non-hydrogen) atoms. The average Bonchev–Trinajstić information content (AvgIpc) is 2.72. The Morgan fingerprint density at radius 3 is 2.48 bits per heavy atom. The number of fused-ring (bicyclic) bond motifs is 1. The van der Waals surface area contributed by atoms with Crippen LogP contribution in [0.25, 0.3) is 10.9 Å². The highest BCUT2D eigenvalue weighted by Gasteiger charge is 2.29. The van der Waals surface area contributed by atoms with E-state index in [1.54, 1.807) is 12.4 Å². The molecule has 1 aromatic carbocycles. The van der Waals surface area contributed by atoms with Gasteiger partial charge in [-0.1, -0.05) is 24.3 Å². The Morgan fingerprint density at radius 1 is 0.926 bits per heavy atom. The molecule has 2 aromatic heterocycles. The number of piperazine rings is 1. The first-order valence-corrected chi connectivity index (χ1v) is 9.32. The molecule has 1 atom stereocenters. The molecule has 1 fully saturated rings. The van der Waals surface area contributed by atoms with Crippen LogP contribution in [0.4, 0.5) is 0 Å². The number of aromatic hydroxyl groups is 1. The maximum absolute atomic E-state index is 11.0. The predicted molar refractivity (Wildman–Crippen MR) is 105 cm³/mol. The van der Waals surface area contributed by atoms with Gasteiger partial charge in [-0.05, 0) is 18.2 Å². The number of benzene rings is 1. The van der Waals surface area contributed by atoms with Gasteiger partial charge in [-0.3, -0.25) is 19.8 Å². The van der Waals surface area contributed by atoms with Gasteiger partial charge in [-0.2, -0.15) is 0 Å². The van der Waals surface area contributed by atoms with Crippen molar-refractivity contribution in [3.63, 3.8) is 0 Å². The second-order valence-electron chi connectivity index (χ2n) is 6.84. The van der Waals surface area contributed by atoms with Gasteiger partial charge in [0, 0.05) is 56.1 Å². The molecule has 3 aromatic rings. The van der Waals surface area contributed by atoms with E-state index in [1.165, 1.54) is 0 Å². The van der Waals surface area contributed by atoms with E-state index in [0.29, 0.717) is 12.1 Å². The van der Waals surface area contributed by atoms with Gasteiger partial charge in [0.05, 0.1) is 18.3 Å². The summed E-state index contributed by atoms with van der Waals surface area (Å²) in [5.74, 6) is 0.224. The lowest BCUT2D eigenvalue weighted by molar-refractivity contribution is 0.0927. The fourth-order valence-corrected chi connectivity index (χ4v) is 3.83. The molecule has 0 unspecified atom stereocenters. The first-order valence-electron chi connectivity index (χ1n) is 9.32. The van der Waals surface area contributed by atoms with Crippen molar-refractivity contribution in [1.29, 1.82) is 0 Å². The Bertz CT molecular complexity index is 895. The molecule has 4 rings (SSSR count). The molecule has 3 heterocycles. The van der Waals surface area contributed by atoms with Crippen LogP contribution in [0.15, 0.2) is 54.9 Å². The highest BCUT2D eigenvalue weighted by molar-refractivity contribution is 5.85. The minimum Gasteiger partial charge on any atom is -0.505 e. The van der Waals surface area contributed by atoms with Gasteiger partial charge in [0.15, 0.2) is 0 Å². The van der Waals surface area contributed by atoms with Crippen molar-refractivity contribution in [2.24, 2.45) is 0 Å². The van der Waals surface area contributed by atoms with Crippen molar-refractivity contribution in [3.05, 3.63) is 66.1 Å². The summed E-state index contributed by atoms with van der Waals surface area (Å²) in [6, 6.07) is 13.6. The molecular weight excluding hydrogens is 340 g/mol. The normalized spacial score (nSPS) is 17.2. The molecule has 6 heteroatoms. The van der Waals surface area contributed by atoms with Crippen LogP contribution < -0.4 is 0 Å². The maximum Gasteiger partial charge on any atom is 0.146 e.